The predicted molar refractivity (Wildman–Crippen MR) is 67.3 cm³/mol. The fraction of sp³-hybridized carbons (Fsp3) is 0.933. The van der Waals surface area contributed by atoms with E-state index in [9.17, 15) is 4.79 Å². The first-order valence-corrected chi connectivity index (χ1v) is 7.26. The van der Waals surface area contributed by atoms with Crippen LogP contribution < -0.4 is 0 Å². The number of rotatable bonds is 3. The quantitative estimate of drug-likeness (QED) is 0.699. The minimum Gasteiger partial charge on any atom is -0.299 e. The van der Waals surface area contributed by atoms with Crippen LogP contribution in [0.3, 0.4) is 0 Å². The molecule has 2 fully saturated rings. The molecule has 4 atom stereocenters. The third-order valence-electron chi connectivity index (χ3n) is 4.90. The Labute approximate surface area is 100.0 Å². The summed E-state index contributed by atoms with van der Waals surface area (Å²) in [5.41, 5.74) is 0. The van der Waals surface area contributed by atoms with E-state index < -0.39 is 0 Å². The summed E-state index contributed by atoms with van der Waals surface area (Å²) in [6.07, 6.45) is 9.95. The number of ketones is 1. The van der Waals surface area contributed by atoms with Crippen LogP contribution >= 0.6 is 0 Å². The van der Waals surface area contributed by atoms with Gasteiger partial charge in [-0.15, -0.1) is 0 Å². The average Bonchev–Trinajstić information content (AvgIpc) is 2.75. The lowest BCUT2D eigenvalue weighted by molar-refractivity contribution is -0.129. The lowest BCUT2D eigenvalue weighted by atomic mass is 9.72. The highest BCUT2D eigenvalue weighted by molar-refractivity contribution is 5.84. The van der Waals surface area contributed by atoms with Crippen LogP contribution in [0, 0.1) is 23.7 Å². The SMILES string of the molecule is CCC1CCCCC1C(=O)C1CCC(C)C1. The van der Waals surface area contributed by atoms with Crippen molar-refractivity contribution in [3.05, 3.63) is 0 Å². The molecule has 2 aliphatic carbocycles. The van der Waals surface area contributed by atoms with Crippen molar-refractivity contribution in [1.82, 2.24) is 0 Å². The summed E-state index contributed by atoms with van der Waals surface area (Å²) in [7, 11) is 0. The van der Waals surface area contributed by atoms with Gasteiger partial charge in [-0.25, -0.2) is 0 Å². The third kappa shape index (κ3) is 2.49. The van der Waals surface area contributed by atoms with E-state index in [4.69, 9.17) is 0 Å². The van der Waals surface area contributed by atoms with Crippen molar-refractivity contribution in [2.45, 2.75) is 65.2 Å². The van der Waals surface area contributed by atoms with Crippen LogP contribution in [0.5, 0.6) is 0 Å². The van der Waals surface area contributed by atoms with Crippen LogP contribution in [0.2, 0.25) is 0 Å². The van der Waals surface area contributed by atoms with Crippen LogP contribution in [0.4, 0.5) is 0 Å². The summed E-state index contributed by atoms with van der Waals surface area (Å²) in [6.45, 7) is 4.55. The summed E-state index contributed by atoms with van der Waals surface area (Å²) in [4.78, 5) is 12.5. The molecule has 0 N–H and O–H groups in total. The van der Waals surface area contributed by atoms with Crippen molar-refractivity contribution in [3.8, 4) is 0 Å². The molecule has 0 heterocycles. The van der Waals surface area contributed by atoms with Gasteiger partial charge in [0, 0.05) is 11.8 Å². The van der Waals surface area contributed by atoms with Crippen LogP contribution in [0.25, 0.3) is 0 Å². The van der Waals surface area contributed by atoms with E-state index in [1.54, 1.807) is 0 Å². The van der Waals surface area contributed by atoms with Crippen LogP contribution in [0.1, 0.15) is 65.2 Å². The molecule has 2 saturated carbocycles. The summed E-state index contributed by atoms with van der Waals surface area (Å²) in [5, 5.41) is 0. The molecule has 0 aromatic carbocycles. The molecule has 92 valence electrons. The van der Waals surface area contributed by atoms with Gasteiger partial charge in [0.05, 0.1) is 0 Å². The molecule has 1 heteroatoms. The van der Waals surface area contributed by atoms with Crippen molar-refractivity contribution in [2.75, 3.05) is 0 Å². The third-order valence-corrected chi connectivity index (χ3v) is 4.90. The topological polar surface area (TPSA) is 17.1 Å². The minimum atomic E-state index is 0.423. The van der Waals surface area contributed by atoms with E-state index in [1.807, 2.05) is 0 Å². The molecule has 1 nitrogen and oxygen atoms in total. The van der Waals surface area contributed by atoms with Gasteiger partial charge in [-0.1, -0.05) is 33.1 Å². The molecule has 2 rings (SSSR count). The summed E-state index contributed by atoms with van der Waals surface area (Å²) >= 11 is 0. The fourth-order valence-electron chi connectivity index (χ4n) is 3.84. The average molecular weight is 222 g/mol. The first kappa shape index (κ1) is 12.1. The largest absolute Gasteiger partial charge is 0.299 e. The number of carbonyl (C=O) groups excluding carboxylic acids is 1. The van der Waals surface area contributed by atoms with E-state index in [1.165, 1.54) is 51.4 Å². The van der Waals surface area contributed by atoms with Gasteiger partial charge in [0.15, 0.2) is 0 Å². The number of carbonyl (C=O) groups is 1. The maximum Gasteiger partial charge on any atom is 0.139 e. The first-order valence-electron chi connectivity index (χ1n) is 7.26. The Balaban J connectivity index is 1.96. The summed E-state index contributed by atoms with van der Waals surface area (Å²) in [5.74, 6) is 2.98. The molecular formula is C15H26O. The maximum absolute atomic E-state index is 12.5. The Morgan fingerprint density at radius 1 is 1.12 bits per heavy atom. The highest BCUT2D eigenvalue weighted by Gasteiger charge is 2.36. The molecule has 0 bridgehead atoms. The minimum absolute atomic E-state index is 0.423. The second-order valence-electron chi connectivity index (χ2n) is 6.08. The zero-order valence-electron chi connectivity index (χ0n) is 10.9. The van der Waals surface area contributed by atoms with Crippen LogP contribution in [0.15, 0.2) is 0 Å². The van der Waals surface area contributed by atoms with Gasteiger partial charge in [0.25, 0.3) is 0 Å². The Hall–Kier alpha value is -0.330. The Bertz CT molecular complexity index is 246. The van der Waals surface area contributed by atoms with Crippen molar-refractivity contribution in [2.24, 2.45) is 23.7 Å². The van der Waals surface area contributed by atoms with E-state index in [2.05, 4.69) is 13.8 Å². The van der Waals surface area contributed by atoms with Gasteiger partial charge in [0.1, 0.15) is 5.78 Å². The molecule has 16 heavy (non-hydrogen) atoms. The first-order chi connectivity index (χ1) is 7.72. The number of hydrogen-bond donors (Lipinski definition) is 0. The van der Waals surface area contributed by atoms with E-state index in [0.29, 0.717) is 23.5 Å². The molecule has 0 spiro atoms. The lowest BCUT2D eigenvalue weighted by Gasteiger charge is -2.31. The smallest absolute Gasteiger partial charge is 0.139 e. The fourth-order valence-corrected chi connectivity index (χ4v) is 3.84. The molecule has 0 aromatic rings. The Morgan fingerprint density at radius 3 is 2.50 bits per heavy atom. The van der Waals surface area contributed by atoms with Crippen molar-refractivity contribution >= 4 is 5.78 Å². The predicted octanol–water partition coefficient (Wildman–Crippen LogP) is 4.21. The molecule has 0 aliphatic heterocycles. The van der Waals surface area contributed by atoms with E-state index in [0.717, 1.165) is 5.92 Å². The molecule has 0 saturated heterocycles. The van der Waals surface area contributed by atoms with E-state index >= 15 is 0 Å². The van der Waals surface area contributed by atoms with Gasteiger partial charge in [0.2, 0.25) is 0 Å². The maximum atomic E-state index is 12.5. The van der Waals surface area contributed by atoms with Crippen LogP contribution in [-0.4, -0.2) is 5.78 Å². The monoisotopic (exact) mass is 222 g/mol. The zero-order chi connectivity index (χ0) is 11.5. The van der Waals surface area contributed by atoms with Crippen molar-refractivity contribution in [1.29, 1.82) is 0 Å². The molecular weight excluding hydrogens is 196 g/mol. The van der Waals surface area contributed by atoms with Crippen molar-refractivity contribution in [3.63, 3.8) is 0 Å². The second kappa shape index (κ2) is 5.33. The van der Waals surface area contributed by atoms with Gasteiger partial charge in [-0.05, 0) is 43.9 Å². The lowest BCUT2D eigenvalue weighted by Crippen LogP contribution is -2.31. The second-order valence-corrected chi connectivity index (χ2v) is 6.08. The molecule has 0 amide bonds. The summed E-state index contributed by atoms with van der Waals surface area (Å²) in [6, 6.07) is 0. The zero-order valence-corrected chi connectivity index (χ0v) is 10.9. The van der Waals surface area contributed by atoms with Gasteiger partial charge < -0.3 is 0 Å². The standard InChI is InChI=1S/C15H26O/c1-3-12-6-4-5-7-14(12)15(16)13-9-8-11(2)10-13/h11-14H,3-10H2,1-2H3. The number of hydrogen-bond acceptors (Lipinski definition) is 1. The van der Waals surface area contributed by atoms with E-state index in [-0.39, 0.29) is 0 Å². The van der Waals surface area contributed by atoms with Crippen LogP contribution in [-0.2, 0) is 4.79 Å². The Kier molecular flexibility index (Phi) is 4.05. The molecule has 2 aliphatic rings. The van der Waals surface area contributed by atoms with Gasteiger partial charge in [-0.3, -0.25) is 4.79 Å². The summed E-state index contributed by atoms with van der Waals surface area (Å²) < 4.78 is 0. The van der Waals surface area contributed by atoms with Crippen molar-refractivity contribution < 1.29 is 4.79 Å². The normalized spacial score (nSPS) is 39.9. The van der Waals surface area contributed by atoms with Gasteiger partial charge >= 0.3 is 0 Å². The number of Topliss-reactive ketones (excluding diaryl/α,β-unsaturated/α-hetero) is 1. The Morgan fingerprint density at radius 2 is 1.88 bits per heavy atom. The highest BCUT2D eigenvalue weighted by atomic mass is 16.1. The van der Waals surface area contributed by atoms with Gasteiger partial charge in [-0.2, -0.15) is 0 Å². The highest BCUT2D eigenvalue weighted by Crippen LogP contribution is 2.39. The molecule has 0 radical (unpaired) electrons. The molecule has 4 unspecified atom stereocenters. The molecule has 0 aromatic heterocycles.